The van der Waals surface area contributed by atoms with E-state index in [1.54, 1.807) is 6.20 Å². The fourth-order valence-corrected chi connectivity index (χ4v) is 3.19. The van der Waals surface area contributed by atoms with E-state index >= 15 is 0 Å². The molecule has 2 aromatic heterocycles. The third kappa shape index (κ3) is 3.52. The number of H-pyrrole nitrogens is 1. The first-order valence-corrected chi connectivity index (χ1v) is 9.03. The molecule has 0 unspecified atom stereocenters. The van der Waals surface area contributed by atoms with Crippen molar-refractivity contribution in [3.63, 3.8) is 0 Å². The van der Waals surface area contributed by atoms with Crippen LogP contribution in [0.3, 0.4) is 0 Å². The molecule has 1 amide bonds. The number of anilines is 2. The first-order chi connectivity index (χ1) is 13.5. The van der Waals surface area contributed by atoms with E-state index in [1.807, 2.05) is 12.1 Å². The molecule has 9 heteroatoms. The second-order valence-electron chi connectivity index (χ2n) is 6.82. The molecule has 3 aromatic rings. The van der Waals surface area contributed by atoms with E-state index in [0.717, 1.165) is 31.7 Å². The molecule has 144 valence electrons. The SMILES string of the molecule is CN1CCN(c2ccc(-c3cnc(N)c(-c4nc(C(N)=O)c[nH]4)n3)cc2)CC1. The molecule has 1 aromatic carbocycles. The van der Waals surface area contributed by atoms with Crippen molar-refractivity contribution in [2.24, 2.45) is 5.73 Å². The Labute approximate surface area is 162 Å². The van der Waals surface area contributed by atoms with Crippen LogP contribution in [0.1, 0.15) is 10.5 Å². The van der Waals surface area contributed by atoms with Crippen LogP contribution in [-0.4, -0.2) is 64.0 Å². The highest BCUT2D eigenvalue weighted by molar-refractivity contribution is 5.91. The third-order valence-electron chi connectivity index (χ3n) is 4.89. The van der Waals surface area contributed by atoms with Gasteiger partial charge in [0.25, 0.3) is 5.91 Å². The number of hydrogen-bond donors (Lipinski definition) is 3. The zero-order chi connectivity index (χ0) is 19.7. The van der Waals surface area contributed by atoms with Gasteiger partial charge >= 0.3 is 0 Å². The van der Waals surface area contributed by atoms with E-state index in [4.69, 9.17) is 11.5 Å². The molecule has 0 atom stereocenters. The molecule has 28 heavy (non-hydrogen) atoms. The van der Waals surface area contributed by atoms with Gasteiger partial charge in [0.2, 0.25) is 0 Å². The minimum absolute atomic E-state index is 0.123. The number of carbonyl (C=O) groups excluding carboxylic acids is 1. The Morgan fingerprint density at radius 1 is 1.11 bits per heavy atom. The van der Waals surface area contributed by atoms with Crippen LogP contribution < -0.4 is 16.4 Å². The van der Waals surface area contributed by atoms with Crippen LogP contribution >= 0.6 is 0 Å². The van der Waals surface area contributed by atoms with Gasteiger partial charge in [0.15, 0.2) is 11.6 Å². The minimum Gasteiger partial charge on any atom is -0.382 e. The first kappa shape index (κ1) is 17.9. The molecule has 9 nitrogen and oxygen atoms in total. The molecule has 1 fully saturated rings. The first-order valence-electron chi connectivity index (χ1n) is 9.03. The number of imidazole rings is 1. The van der Waals surface area contributed by atoms with Gasteiger partial charge in [-0.15, -0.1) is 0 Å². The zero-order valence-electron chi connectivity index (χ0n) is 15.6. The lowest BCUT2D eigenvalue weighted by Crippen LogP contribution is -2.44. The molecule has 4 rings (SSSR count). The summed E-state index contributed by atoms with van der Waals surface area (Å²) in [5.74, 6) is -0.0393. The van der Waals surface area contributed by atoms with E-state index in [-0.39, 0.29) is 11.5 Å². The van der Waals surface area contributed by atoms with Crippen molar-refractivity contribution in [2.45, 2.75) is 0 Å². The number of amides is 1. The lowest BCUT2D eigenvalue weighted by molar-refractivity contribution is 0.0996. The maximum atomic E-state index is 11.3. The predicted molar refractivity (Wildman–Crippen MR) is 108 cm³/mol. The second kappa shape index (κ2) is 7.28. The Hall–Kier alpha value is -3.46. The summed E-state index contributed by atoms with van der Waals surface area (Å²) in [6.45, 7) is 4.15. The normalized spacial score (nSPS) is 15.0. The van der Waals surface area contributed by atoms with Crippen LogP contribution in [0.25, 0.3) is 22.8 Å². The summed E-state index contributed by atoms with van der Waals surface area (Å²) in [5, 5.41) is 0. The van der Waals surface area contributed by atoms with Gasteiger partial charge < -0.3 is 26.3 Å². The summed E-state index contributed by atoms with van der Waals surface area (Å²) in [6.07, 6.45) is 3.05. The summed E-state index contributed by atoms with van der Waals surface area (Å²) < 4.78 is 0. The topological polar surface area (TPSA) is 130 Å². The molecule has 0 radical (unpaired) electrons. The highest BCUT2D eigenvalue weighted by Gasteiger charge is 2.16. The number of nitrogens with zero attached hydrogens (tertiary/aromatic N) is 5. The minimum atomic E-state index is -0.621. The number of aromatic nitrogens is 4. The zero-order valence-corrected chi connectivity index (χ0v) is 15.6. The number of nitrogens with one attached hydrogen (secondary N) is 1. The van der Waals surface area contributed by atoms with Gasteiger partial charge in [-0.25, -0.2) is 15.0 Å². The number of nitrogen functional groups attached to an aromatic ring is 1. The number of aromatic amines is 1. The molecular weight excluding hydrogens is 356 g/mol. The Balaban J connectivity index is 1.60. The van der Waals surface area contributed by atoms with Crippen molar-refractivity contribution in [2.75, 3.05) is 43.9 Å². The summed E-state index contributed by atoms with van der Waals surface area (Å²) in [7, 11) is 2.14. The molecular formula is C19H22N8O. The van der Waals surface area contributed by atoms with Gasteiger partial charge in [0.05, 0.1) is 11.9 Å². The highest BCUT2D eigenvalue weighted by Crippen LogP contribution is 2.26. The van der Waals surface area contributed by atoms with Gasteiger partial charge in [-0.1, -0.05) is 12.1 Å². The highest BCUT2D eigenvalue weighted by atomic mass is 16.1. The van der Waals surface area contributed by atoms with Crippen molar-refractivity contribution in [1.29, 1.82) is 0 Å². The second-order valence-corrected chi connectivity index (χ2v) is 6.82. The van der Waals surface area contributed by atoms with Crippen molar-refractivity contribution in [3.8, 4) is 22.8 Å². The molecule has 0 saturated carbocycles. The Morgan fingerprint density at radius 3 is 2.46 bits per heavy atom. The number of nitrogens with two attached hydrogens (primary N) is 2. The number of hydrogen-bond acceptors (Lipinski definition) is 7. The van der Waals surface area contributed by atoms with Crippen molar-refractivity contribution in [3.05, 3.63) is 42.4 Å². The molecule has 5 N–H and O–H groups in total. The lowest BCUT2D eigenvalue weighted by atomic mass is 10.1. The Morgan fingerprint density at radius 2 is 1.82 bits per heavy atom. The molecule has 1 aliphatic rings. The van der Waals surface area contributed by atoms with Crippen LogP contribution in [0.15, 0.2) is 36.7 Å². The van der Waals surface area contributed by atoms with Crippen molar-refractivity contribution >= 4 is 17.4 Å². The number of likely N-dealkylation sites (N-methyl/N-ethyl adjacent to an activating group) is 1. The third-order valence-corrected chi connectivity index (χ3v) is 4.89. The predicted octanol–water partition coefficient (Wildman–Crippen LogP) is 0.967. The Bertz CT molecular complexity index is 989. The summed E-state index contributed by atoms with van der Waals surface area (Å²) in [4.78, 5) is 31.8. The van der Waals surface area contributed by atoms with E-state index in [9.17, 15) is 4.79 Å². The molecule has 1 saturated heterocycles. The van der Waals surface area contributed by atoms with E-state index in [0.29, 0.717) is 17.2 Å². The van der Waals surface area contributed by atoms with Crippen LogP contribution in [0, 0.1) is 0 Å². The molecule has 0 aliphatic carbocycles. The lowest BCUT2D eigenvalue weighted by Gasteiger charge is -2.34. The smallest absolute Gasteiger partial charge is 0.268 e. The van der Waals surface area contributed by atoms with Crippen LogP contribution in [0.2, 0.25) is 0 Å². The van der Waals surface area contributed by atoms with E-state index in [2.05, 4.69) is 48.9 Å². The number of benzene rings is 1. The largest absolute Gasteiger partial charge is 0.382 e. The number of primary amides is 1. The van der Waals surface area contributed by atoms with Crippen LogP contribution in [0.5, 0.6) is 0 Å². The van der Waals surface area contributed by atoms with Crippen molar-refractivity contribution < 1.29 is 4.79 Å². The van der Waals surface area contributed by atoms with Crippen LogP contribution in [0.4, 0.5) is 11.5 Å². The summed E-state index contributed by atoms with van der Waals surface area (Å²) in [6, 6.07) is 8.23. The van der Waals surface area contributed by atoms with Crippen molar-refractivity contribution in [1.82, 2.24) is 24.8 Å². The molecule has 0 bridgehead atoms. The molecule has 1 aliphatic heterocycles. The number of piperazine rings is 1. The molecule has 3 heterocycles. The maximum Gasteiger partial charge on any atom is 0.268 e. The van der Waals surface area contributed by atoms with E-state index in [1.165, 1.54) is 11.9 Å². The average molecular weight is 378 g/mol. The number of rotatable bonds is 4. The quantitative estimate of drug-likeness (QED) is 0.616. The fourth-order valence-electron chi connectivity index (χ4n) is 3.19. The van der Waals surface area contributed by atoms with Gasteiger partial charge in [0.1, 0.15) is 11.4 Å². The average Bonchev–Trinajstić information content (AvgIpc) is 3.20. The van der Waals surface area contributed by atoms with Crippen LogP contribution in [-0.2, 0) is 0 Å². The van der Waals surface area contributed by atoms with Gasteiger partial charge in [-0.05, 0) is 19.2 Å². The monoisotopic (exact) mass is 378 g/mol. The van der Waals surface area contributed by atoms with Gasteiger partial charge in [-0.2, -0.15) is 0 Å². The summed E-state index contributed by atoms with van der Waals surface area (Å²) >= 11 is 0. The molecule has 0 spiro atoms. The Kier molecular flexibility index (Phi) is 4.66. The number of carbonyl (C=O) groups is 1. The fraction of sp³-hybridized carbons (Fsp3) is 0.263. The standard InChI is InChI=1S/C19H22N8O/c1-26-6-8-27(9-7-26)13-4-2-12(3-5-13)14-10-22-17(20)16(24-14)19-23-11-15(25-19)18(21)28/h2-5,10-11H,6-9H2,1H3,(H2,20,22)(H2,21,28)(H,23,25). The van der Waals surface area contributed by atoms with Gasteiger partial charge in [0, 0.05) is 43.6 Å². The van der Waals surface area contributed by atoms with E-state index < -0.39 is 5.91 Å². The van der Waals surface area contributed by atoms with Gasteiger partial charge in [-0.3, -0.25) is 4.79 Å². The summed E-state index contributed by atoms with van der Waals surface area (Å²) in [5.41, 5.74) is 14.5. The maximum absolute atomic E-state index is 11.3.